The normalized spacial score (nSPS) is 10.2. The first-order chi connectivity index (χ1) is 5.16. The van der Waals surface area contributed by atoms with Crippen molar-refractivity contribution >= 4 is 38.5 Å². The highest BCUT2D eigenvalue weighted by Gasteiger charge is 2.04. The zero-order valence-corrected chi connectivity index (χ0v) is 9.81. The van der Waals surface area contributed by atoms with Gasteiger partial charge < -0.3 is 5.11 Å². The SMILES string of the molecule is Cc1ccc(I)c(Br)c1CO. The van der Waals surface area contributed by atoms with Crippen molar-refractivity contribution in [2.24, 2.45) is 0 Å². The number of hydrogen-bond donors (Lipinski definition) is 1. The monoisotopic (exact) mass is 326 g/mol. The average Bonchev–Trinajstić information content (AvgIpc) is 1.99. The van der Waals surface area contributed by atoms with Crippen LogP contribution in [0.3, 0.4) is 0 Å². The standard InChI is InChI=1S/C8H8BrIO/c1-5-2-3-7(10)8(9)6(5)4-11/h2-3,11H,4H2,1H3. The van der Waals surface area contributed by atoms with Crippen LogP contribution < -0.4 is 0 Å². The van der Waals surface area contributed by atoms with Gasteiger partial charge in [-0.2, -0.15) is 0 Å². The van der Waals surface area contributed by atoms with Crippen molar-refractivity contribution in [3.63, 3.8) is 0 Å². The maximum Gasteiger partial charge on any atom is 0.0695 e. The van der Waals surface area contributed by atoms with Crippen LogP contribution in [0.25, 0.3) is 0 Å². The van der Waals surface area contributed by atoms with Gasteiger partial charge >= 0.3 is 0 Å². The van der Waals surface area contributed by atoms with E-state index < -0.39 is 0 Å². The summed E-state index contributed by atoms with van der Waals surface area (Å²) in [6.07, 6.45) is 0. The number of aryl methyl sites for hydroxylation is 1. The second-order valence-corrected chi connectivity index (χ2v) is 4.27. The third-order valence-electron chi connectivity index (χ3n) is 1.59. The van der Waals surface area contributed by atoms with Crippen LogP contribution in [-0.4, -0.2) is 5.11 Å². The summed E-state index contributed by atoms with van der Waals surface area (Å²) in [6.45, 7) is 2.09. The van der Waals surface area contributed by atoms with Gasteiger partial charge in [0.1, 0.15) is 0 Å². The molecule has 0 aliphatic heterocycles. The Morgan fingerprint density at radius 3 is 2.64 bits per heavy atom. The smallest absolute Gasteiger partial charge is 0.0695 e. The van der Waals surface area contributed by atoms with E-state index in [2.05, 4.69) is 38.5 Å². The molecular weight excluding hydrogens is 319 g/mol. The Kier molecular flexibility index (Phi) is 3.33. The van der Waals surface area contributed by atoms with E-state index >= 15 is 0 Å². The minimum absolute atomic E-state index is 0.100. The van der Waals surface area contributed by atoms with Gasteiger partial charge in [0.15, 0.2) is 0 Å². The molecule has 0 aromatic heterocycles. The quantitative estimate of drug-likeness (QED) is 0.787. The predicted molar refractivity (Wildman–Crippen MR) is 57.5 cm³/mol. The molecule has 1 nitrogen and oxygen atoms in total. The van der Waals surface area contributed by atoms with Gasteiger partial charge in [-0.1, -0.05) is 6.07 Å². The molecule has 0 amide bonds. The lowest BCUT2D eigenvalue weighted by Crippen LogP contribution is -1.91. The van der Waals surface area contributed by atoms with Gasteiger partial charge in [0.05, 0.1) is 6.61 Å². The first-order valence-electron chi connectivity index (χ1n) is 3.21. The molecule has 0 bridgehead atoms. The van der Waals surface area contributed by atoms with Crippen molar-refractivity contribution in [1.82, 2.24) is 0 Å². The van der Waals surface area contributed by atoms with Crippen molar-refractivity contribution in [2.75, 3.05) is 0 Å². The molecule has 0 heterocycles. The Morgan fingerprint density at radius 2 is 2.18 bits per heavy atom. The highest BCUT2D eigenvalue weighted by atomic mass is 127. The summed E-state index contributed by atoms with van der Waals surface area (Å²) in [5.41, 5.74) is 2.11. The Balaban J connectivity index is 3.29. The van der Waals surface area contributed by atoms with E-state index in [0.29, 0.717) is 0 Å². The molecule has 11 heavy (non-hydrogen) atoms. The van der Waals surface area contributed by atoms with Crippen LogP contribution in [0.15, 0.2) is 16.6 Å². The molecular formula is C8H8BrIO. The van der Waals surface area contributed by atoms with Crippen molar-refractivity contribution in [3.05, 3.63) is 31.3 Å². The van der Waals surface area contributed by atoms with E-state index in [1.165, 1.54) is 0 Å². The molecule has 0 radical (unpaired) electrons. The van der Waals surface area contributed by atoms with E-state index in [9.17, 15) is 0 Å². The summed E-state index contributed by atoms with van der Waals surface area (Å²) < 4.78 is 2.15. The number of aliphatic hydroxyl groups is 1. The number of aliphatic hydroxyl groups excluding tert-OH is 1. The third-order valence-corrected chi connectivity index (χ3v) is 4.13. The van der Waals surface area contributed by atoms with Crippen molar-refractivity contribution in [1.29, 1.82) is 0 Å². The average molecular weight is 327 g/mol. The Morgan fingerprint density at radius 1 is 1.55 bits per heavy atom. The van der Waals surface area contributed by atoms with E-state index in [1.54, 1.807) is 0 Å². The molecule has 0 unspecified atom stereocenters. The third kappa shape index (κ3) is 1.95. The van der Waals surface area contributed by atoms with Crippen LogP contribution in [0.1, 0.15) is 11.1 Å². The van der Waals surface area contributed by atoms with Crippen LogP contribution in [0.4, 0.5) is 0 Å². The predicted octanol–water partition coefficient (Wildman–Crippen LogP) is 2.85. The summed E-state index contributed by atoms with van der Waals surface area (Å²) in [6, 6.07) is 4.04. The fourth-order valence-electron chi connectivity index (χ4n) is 0.883. The molecule has 1 N–H and O–H groups in total. The molecule has 0 saturated heterocycles. The topological polar surface area (TPSA) is 20.2 Å². The van der Waals surface area contributed by atoms with E-state index in [1.807, 2.05) is 19.1 Å². The minimum atomic E-state index is 0.100. The fraction of sp³-hybridized carbons (Fsp3) is 0.250. The lowest BCUT2D eigenvalue weighted by Gasteiger charge is -2.06. The molecule has 3 heteroatoms. The number of rotatable bonds is 1. The molecule has 60 valence electrons. The molecule has 1 rings (SSSR count). The summed E-state index contributed by atoms with van der Waals surface area (Å²) >= 11 is 5.66. The molecule has 0 saturated carbocycles. The van der Waals surface area contributed by atoms with Gasteiger partial charge in [0, 0.05) is 8.04 Å². The summed E-state index contributed by atoms with van der Waals surface area (Å²) in [5.74, 6) is 0. The lowest BCUT2D eigenvalue weighted by atomic mass is 10.1. The number of hydrogen-bond acceptors (Lipinski definition) is 1. The van der Waals surface area contributed by atoms with E-state index in [4.69, 9.17) is 5.11 Å². The van der Waals surface area contributed by atoms with Crippen molar-refractivity contribution in [2.45, 2.75) is 13.5 Å². The molecule has 0 spiro atoms. The number of halogens is 2. The molecule has 1 aromatic carbocycles. The Hall–Kier alpha value is 0.390. The fourth-order valence-corrected chi connectivity index (χ4v) is 1.96. The zero-order chi connectivity index (χ0) is 8.43. The van der Waals surface area contributed by atoms with Crippen LogP contribution in [0, 0.1) is 10.5 Å². The van der Waals surface area contributed by atoms with E-state index in [0.717, 1.165) is 19.2 Å². The van der Waals surface area contributed by atoms with Gasteiger partial charge in [-0.3, -0.25) is 0 Å². The number of benzene rings is 1. The second-order valence-electron chi connectivity index (χ2n) is 2.31. The largest absolute Gasteiger partial charge is 0.392 e. The first-order valence-corrected chi connectivity index (χ1v) is 5.08. The van der Waals surface area contributed by atoms with Crippen LogP contribution in [0.2, 0.25) is 0 Å². The summed E-state index contributed by atoms with van der Waals surface area (Å²) in [7, 11) is 0. The van der Waals surface area contributed by atoms with Crippen molar-refractivity contribution in [3.8, 4) is 0 Å². The highest BCUT2D eigenvalue weighted by molar-refractivity contribution is 14.1. The maximum atomic E-state index is 8.99. The first kappa shape index (κ1) is 9.48. The van der Waals surface area contributed by atoms with Gasteiger partial charge in [-0.25, -0.2) is 0 Å². The van der Waals surface area contributed by atoms with Crippen LogP contribution in [0.5, 0.6) is 0 Å². The minimum Gasteiger partial charge on any atom is -0.392 e. The van der Waals surface area contributed by atoms with Gasteiger partial charge in [0.2, 0.25) is 0 Å². The lowest BCUT2D eigenvalue weighted by molar-refractivity contribution is 0.280. The van der Waals surface area contributed by atoms with Crippen LogP contribution in [-0.2, 0) is 6.61 Å². The summed E-state index contributed by atoms with van der Waals surface area (Å²) in [4.78, 5) is 0. The Bertz CT molecular complexity index is 273. The molecule has 0 atom stereocenters. The molecule has 0 aliphatic rings. The van der Waals surface area contributed by atoms with Gasteiger partial charge in [-0.05, 0) is 62.6 Å². The van der Waals surface area contributed by atoms with Crippen LogP contribution >= 0.6 is 38.5 Å². The molecule has 0 fully saturated rings. The molecule has 0 aliphatic carbocycles. The molecule has 1 aromatic rings. The second kappa shape index (κ2) is 3.87. The highest BCUT2D eigenvalue weighted by Crippen LogP contribution is 2.25. The van der Waals surface area contributed by atoms with Gasteiger partial charge in [-0.15, -0.1) is 0 Å². The van der Waals surface area contributed by atoms with E-state index in [-0.39, 0.29) is 6.61 Å². The van der Waals surface area contributed by atoms with Crippen molar-refractivity contribution < 1.29 is 5.11 Å². The Labute approximate surface area is 88.1 Å². The zero-order valence-electron chi connectivity index (χ0n) is 6.06. The maximum absolute atomic E-state index is 8.99. The summed E-state index contributed by atoms with van der Waals surface area (Å²) in [5, 5.41) is 8.99. The van der Waals surface area contributed by atoms with Gasteiger partial charge in [0.25, 0.3) is 0 Å².